The Labute approximate surface area is 259 Å². The van der Waals surface area contributed by atoms with Crippen molar-refractivity contribution in [1.82, 2.24) is 13.7 Å². The van der Waals surface area contributed by atoms with E-state index in [2.05, 4.69) is 177 Å². The molecule has 0 aliphatic rings. The van der Waals surface area contributed by atoms with Crippen LogP contribution in [0.3, 0.4) is 0 Å². The highest BCUT2D eigenvalue weighted by Gasteiger charge is 2.19. The molecule has 0 bridgehead atoms. The summed E-state index contributed by atoms with van der Waals surface area (Å²) in [7, 11) is 0. The first-order valence-corrected chi connectivity index (χ1v) is 15.5. The molecule has 0 saturated carbocycles. The Balaban J connectivity index is 1.38. The molecule has 0 aliphatic carbocycles. The van der Waals surface area contributed by atoms with E-state index in [1.807, 2.05) is 0 Å². The van der Waals surface area contributed by atoms with Gasteiger partial charge < -0.3 is 13.7 Å². The largest absolute Gasteiger partial charge is 0.309 e. The van der Waals surface area contributed by atoms with Crippen molar-refractivity contribution in [2.75, 3.05) is 0 Å². The highest BCUT2D eigenvalue weighted by molar-refractivity contribution is 6.12. The minimum Gasteiger partial charge on any atom is -0.309 e. The highest BCUT2D eigenvalue weighted by atomic mass is 15.0. The molecule has 0 unspecified atom stereocenters. The predicted molar refractivity (Wildman–Crippen MR) is 189 cm³/mol. The van der Waals surface area contributed by atoms with E-state index in [0.29, 0.717) is 0 Å². The third-order valence-corrected chi connectivity index (χ3v) is 9.40. The molecule has 0 amide bonds. The van der Waals surface area contributed by atoms with E-state index in [1.165, 1.54) is 65.4 Å². The lowest BCUT2D eigenvalue weighted by Crippen LogP contribution is -2.03. The molecule has 3 heterocycles. The third kappa shape index (κ3) is 3.41. The lowest BCUT2D eigenvalue weighted by atomic mass is 10.2. The van der Waals surface area contributed by atoms with Crippen LogP contribution in [0.4, 0.5) is 0 Å². The Morgan fingerprint density at radius 2 is 0.400 bits per heavy atom. The maximum absolute atomic E-state index is 2.43. The van der Waals surface area contributed by atoms with E-state index in [1.54, 1.807) is 0 Å². The highest BCUT2D eigenvalue weighted by Crippen LogP contribution is 2.38. The topological polar surface area (TPSA) is 14.8 Å². The van der Waals surface area contributed by atoms with Gasteiger partial charge in [-0.05, 0) is 54.6 Å². The normalized spacial score (nSPS) is 12.0. The predicted octanol–water partition coefficient (Wildman–Crippen LogP) is 11.0. The SMILES string of the molecule is c1ccc2c(c1)c1ccccc1n2-c1cc(-n2c3ccccc3c3ccccc32)cc(-n2c3ccccc3c3ccccc32)c1. The smallest absolute Gasteiger partial charge is 0.0541 e. The lowest BCUT2D eigenvalue weighted by Gasteiger charge is -2.17. The van der Waals surface area contributed by atoms with Crippen LogP contribution >= 0.6 is 0 Å². The maximum atomic E-state index is 2.43. The number of benzene rings is 7. The van der Waals surface area contributed by atoms with Gasteiger partial charge in [0.1, 0.15) is 0 Å². The number of rotatable bonds is 3. The van der Waals surface area contributed by atoms with Crippen molar-refractivity contribution in [3.05, 3.63) is 164 Å². The Morgan fingerprint density at radius 3 is 0.600 bits per heavy atom. The number of hydrogen-bond acceptors (Lipinski definition) is 0. The first-order chi connectivity index (χ1) is 22.3. The quantitative estimate of drug-likeness (QED) is 0.200. The molecule has 7 aromatic carbocycles. The molecule has 45 heavy (non-hydrogen) atoms. The van der Waals surface area contributed by atoms with Crippen molar-refractivity contribution in [3.63, 3.8) is 0 Å². The fourth-order valence-corrected chi connectivity index (χ4v) is 7.57. The van der Waals surface area contributed by atoms with Crippen molar-refractivity contribution >= 4 is 65.4 Å². The van der Waals surface area contributed by atoms with Crippen LogP contribution < -0.4 is 0 Å². The molecule has 0 fully saturated rings. The summed E-state index contributed by atoms with van der Waals surface area (Å²) >= 11 is 0. The van der Waals surface area contributed by atoms with Crippen LogP contribution in [-0.4, -0.2) is 13.7 Å². The van der Waals surface area contributed by atoms with Gasteiger partial charge in [0.05, 0.1) is 50.2 Å². The van der Waals surface area contributed by atoms with Gasteiger partial charge in [-0.15, -0.1) is 0 Å². The molecule has 10 rings (SSSR count). The fourth-order valence-electron chi connectivity index (χ4n) is 7.57. The van der Waals surface area contributed by atoms with Gasteiger partial charge in [-0.3, -0.25) is 0 Å². The van der Waals surface area contributed by atoms with Gasteiger partial charge in [0.25, 0.3) is 0 Å². The lowest BCUT2D eigenvalue weighted by molar-refractivity contribution is 1.10. The monoisotopic (exact) mass is 573 g/mol. The zero-order valence-electron chi connectivity index (χ0n) is 24.4. The minimum atomic E-state index is 1.13. The van der Waals surface area contributed by atoms with Gasteiger partial charge in [0, 0.05) is 32.3 Å². The summed E-state index contributed by atoms with van der Waals surface area (Å²) in [5.74, 6) is 0. The van der Waals surface area contributed by atoms with Crippen molar-refractivity contribution in [2.45, 2.75) is 0 Å². The summed E-state index contributed by atoms with van der Waals surface area (Å²) in [6, 6.07) is 59.6. The standard InChI is InChI=1S/C42H27N3/c1-7-19-37-31(13-1)32-14-2-8-20-38(32)43(37)28-25-29(44-39-21-9-3-15-33(39)34-16-4-10-22-40(34)44)27-30(26-28)45-41-23-11-5-17-35(41)36-18-6-12-24-42(36)45/h1-27H. The zero-order valence-corrected chi connectivity index (χ0v) is 24.4. The zero-order chi connectivity index (χ0) is 29.5. The summed E-state index contributed by atoms with van der Waals surface area (Å²) in [4.78, 5) is 0. The van der Waals surface area contributed by atoms with Crippen LogP contribution in [0, 0.1) is 0 Å². The second-order valence-corrected chi connectivity index (χ2v) is 11.8. The van der Waals surface area contributed by atoms with Crippen LogP contribution in [-0.2, 0) is 0 Å². The number of fused-ring (bicyclic) bond motifs is 9. The average Bonchev–Trinajstić information content (AvgIpc) is 3.74. The molecule has 0 radical (unpaired) electrons. The van der Waals surface area contributed by atoms with E-state index in [4.69, 9.17) is 0 Å². The van der Waals surface area contributed by atoms with Crippen LogP contribution in [0.1, 0.15) is 0 Å². The van der Waals surface area contributed by atoms with Gasteiger partial charge in [-0.2, -0.15) is 0 Å². The van der Waals surface area contributed by atoms with E-state index < -0.39 is 0 Å². The van der Waals surface area contributed by atoms with Gasteiger partial charge >= 0.3 is 0 Å². The Bertz CT molecular complexity index is 2290. The fraction of sp³-hybridized carbons (Fsp3) is 0. The van der Waals surface area contributed by atoms with Crippen molar-refractivity contribution in [3.8, 4) is 17.1 Å². The van der Waals surface area contributed by atoms with Crippen LogP contribution in [0.2, 0.25) is 0 Å². The molecule has 0 saturated heterocycles. The molecule has 3 heteroatoms. The number of para-hydroxylation sites is 6. The van der Waals surface area contributed by atoms with Gasteiger partial charge in [0.15, 0.2) is 0 Å². The molecule has 10 aromatic rings. The van der Waals surface area contributed by atoms with Gasteiger partial charge in [-0.1, -0.05) is 109 Å². The van der Waals surface area contributed by atoms with E-state index >= 15 is 0 Å². The van der Waals surface area contributed by atoms with Crippen molar-refractivity contribution in [1.29, 1.82) is 0 Å². The van der Waals surface area contributed by atoms with Crippen molar-refractivity contribution in [2.24, 2.45) is 0 Å². The summed E-state index contributed by atoms with van der Waals surface area (Å²) in [6.07, 6.45) is 0. The second kappa shape index (κ2) is 9.22. The summed E-state index contributed by atoms with van der Waals surface area (Å²) < 4.78 is 7.29. The first kappa shape index (κ1) is 24.4. The summed E-state index contributed by atoms with van der Waals surface area (Å²) in [5, 5.41) is 7.55. The van der Waals surface area contributed by atoms with Crippen LogP contribution in [0.15, 0.2) is 164 Å². The number of nitrogens with zero attached hydrogens (tertiary/aromatic N) is 3. The summed E-state index contributed by atoms with van der Waals surface area (Å²) in [6.45, 7) is 0. The number of hydrogen-bond donors (Lipinski definition) is 0. The van der Waals surface area contributed by atoms with Gasteiger partial charge in [0.2, 0.25) is 0 Å². The third-order valence-electron chi connectivity index (χ3n) is 9.40. The molecule has 0 spiro atoms. The van der Waals surface area contributed by atoms with Crippen LogP contribution in [0.5, 0.6) is 0 Å². The van der Waals surface area contributed by atoms with E-state index in [9.17, 15) is 0 Å². The Morgan fingerprint density at radius 1 is 0.222 bits per heavy atom. The average molecular weight is 574 g/mol. The number of aromatic nitrogens is 3. The molecular weight excluding hydrogens is 546 g/mol. The van der Waals surface area contributed by atoms with Crippen molar-refractivity contribution < 1.29 is 0 Å². The molecule has 0 aliphatic heterocycles. The molecule has 3 aromatic heterocycles. The molecule has 0 atom stereocenters. The van der Waals surface area contributed by atoms with Crippen LogP contribution in [0.25, 0.3) is 82.5 Å². The van der Waals surface area contributed by atoms with Gasteiger partial charge in [-0.25, -0.2) is 0 Å². The second-order valence-electron chi connectivity index (χ2n) is 11.8. The molecule has 3 nitrogen and oxygen atoms in total. The minimum absolute atomic E-state index is 1.13. The maximum Gasteiger partial charge on any atom is 0.0541 e. The summed E-state index contributed by atoms with van der Waals surface area (Å²) in [5.41, 5.74) is 10.6. The molecular formula is C42H27N3. The van der Waals surface area contributed by atoms with E-state index in [0.717, 1.165) is 17.1 Å². The molecule has 0 N–H and O–H groups in total. The Hall–Kier alpha value is -6.06. The first-order valence-electron chi connectivity index (χ1n) is 15.5. The molecule has 210 valence electrons. The van der Waals surface area contributed by atoms with E-state index in [-0.39, 0.29) is 0 Å². The Kier molecular flexibility index (Phi) is 5.00.